The minimum atomic E-state index is -0.420. The fourth-order valence-electron chi connectivity index (χ4n) is 3.12. The van der Waals surface area contributed by atoms with E-state index in [9.17, 15) is 9.65 Å². The number of benzene rings is 2. The Bertz CT molecular complexity index is 1230. The fourth-order valence-corrected chi connectivity index (χ4v) is 3.12. The van der Waals surface area contributed by atoms with Crippen molar-refractivity contribution < 1.29 is 9.13 Å². The molecule has 0 fully saturated rings. The number of halogens is 1. The summed E-state index contributed by atoms with van der Waals surface area (Å²) in [6.45, 7) is 4.48. The Hall–Kier alpha value is -3.53. The van der Waals surface area contributed by atoms with Gasteiger partial charge in [-0.1, -0.05) is 13.3 Å². The van der Waals surface area contributed by atoms with E-state index in [0.29, 0.717) is 46.1 Å². The van der Waals surface area contributed by atoms with Gasteiger partial charge in [0.2, 0.25) is 0 Å². The first kappa shape index (κ1) is 17.9. The highest BCUT2D eigenvalue weighted by atomic mass is 19.1. The number of fused-ring (bicyclic) bond motifs is 3. The maximum absolute atomic E-state index is 14.7. The lowest BCUT2D eigenvalue weighted by Gasteiger charge is -2.10. The molecule has 0 spiro atoms. The summed E-state index contributed by atoms with van der Waals surface area (Å²) in [7, 11) is 0. The predicted octanol–water partition coefficient (Wildman–Crippen LogP) is 4.44. The van der Waals surface area contributed by atoms with Crippen LogP contribution in [-0.4, -0.2) is 26.2 Å². The molecule has 4 rings (SSSR count). The molecule has 0 aliphatic rings. The molecule has 2 aromatic heterocycles. The Labute approximate surface area is 161 Å². The van der Waals surface area contributed by atoms with Crippen LogP contribution in [0.25, 0.3) is 28.1 Å². The number of ether oxygens (including phenoxy) is 1. The Morgan fingerprint density at radius 2 is 2.04 bits per heavy atom. The van der Waals surface area contributed by atoms with Gasteiger partial charge >= 0.3 is 0 Å². The smallest absolute Gasteiger partial charge is 0.183 e. The van der Waals surface area contributed by atoms with Crippen LogP contribution in [0.15, 0.2) is 36.4 Å². The van der Waals surface area contributed by atoms with Gasteiger partial charge in [0.1, 0.15) is 11.6 Å². The van der Waals surface area contributed by atoms with Gasteiger partial charge in [0.05, 0.1) is 40.5 Å². The largest absolute Gasteiger partial charge is 0.494 e. The van der Waals surface area contributed by atoms with E-state index in [0.717, 1.165) is 12.8 Å². The van der Waals surface area contributed by atoms with E-state index >= 15 is 0 Å². The predicted molar refractivity (Wildman–Crippen MR) is 104 cm³/mol. The molecule has 0 amide bonds. The molecule has 6 nitrogen and oxygen atoms in total. The molecule has 4 aromatic rings. The Morgan fingerprint density at radius 1 is 1.18 bits per heavy atom. The minimum Gasteiger partial charge on any atom is -0.494 e. The summed E-state index contributed by atoms with van der Waals surface area (Å²) in [5, 5.41) is 17.7. The SMILES string of the molecule is CCCCOc1ccc(F)c(-c2nnc3c(C)nc4ccc(C#N)cc4n23)c1. The van der Waals surface area contributed by atoms with Crippen molar-refractivity contribution >= 4 is 16.7 Å². The lowest BCUT2D eigenvalue weighted by atomic mass is 10.1. The highest BCUT2D eigenvalue weighted by Gasteiger charge is 2.18. The Balaban J connectivity index is 1.94. The molecule has 28 heavy (non-hydrogen) atoms. The summed E-state index contributed by atoms with van der Waals surface area (Å²) in [6.07, 6.45) is 1.94. The summed E-state index contributed by atoms with van der Waals surface area (Å²) in [5.74, 6) is 0.504. The maximum atomic E-state index is 14.7. The molecule has 0 unspecified atom stereocenters. The lowest BCUT2D eigenvalue weighted by molar-refractivity contribution is 0.309. The van der Waals surface area contributed by atoms with Crippen LogP contribution in [0.2, 0.25) is 0 Å². The first-order valence-electron chi connectivity index (χ1n) is 9.10. The highest BCUT2D eigenvalue weighted by Crippen LogP contribution is 2.29. The van der Waals surface area contributed by atoms with E-state index in [-0.39, 0.29) is 5.56 Å². The van der Waals surface area contributed by atoms with Crippen molar-refractivity contribution in [2.24, 2.45) is 0 Å². The first-order valence-corrected chi connectivity index (χ1v) is 9.10. The zero-order valence-corrected chi connectivity index (χ0v) is 15.6. The molecule has 0 bridgehead atoms. The molecule has 0 radical (unpaired) electrons. The van der Waals surface area contributed by atoms with E-state index in [1.54, 1.807) is 34.7 Å². The number of nitrogens with zero attached hydrogens (tertiary/aromatic N) is 5. The number of rotatable bonds is 5. The Kier molecular flexibility index (Phi) is 4.62. The molecule has 140 valence electrons. The number of aryl methyl sites for hydroxylation is 1. The van der Waals surface area contributed by atoms with Gasteiger partial charge in [-0.05, 0) is 49.7 Å². The second-order valence-electron chi connectivity index (χ2n) is 6.54. The number of unbranched alkanes of at least 4 members (excludes halogenated alkanes) is 1. The van der Waals surface area contributed by atoms with Crippen molar-refractivity contribution in [2.45, 2.75) is 26.7 Å². The van der Waals surface area contributed by atoms with E-state index in [1.807, 2.05) is 6.92 Å². The second kappa shape index (κ2) is 7.24. The third-order valence-electron chi connectivity index (χ3n) is 4.57. The molecule has 0 saturated carbocycles. The summed E-state index contributed by atoms with van der Waals surface area (Å²) < 4.78 is 22.2. The first-order chi connectivity index (χ1) is 13.6. The zero-order valence-electron chi connectivity index (χ0n) is 15.6. The minimum absolute atomic E-state index is 0.288. The average molecular weight is 375 g/mol. The third-order valence-corrected chi connectivity index (χ3v) is 4.57. The maximum Gasteiger partial charge on any atom is 0.183 e. The van der Waals surface area contributed by atoms with Gasteiger partial charge in [-0.3, -0.25) is 4.40 Å². The van der Waals surface area contributed by atoms with E-state index in [2.05, 4.69) is 28.2 Å². The summed E-state index contributed by atoms with van der Waals surface area (Å²) in [6, 6.07) is 11.9. The van der Waals surface area contributed by atoms with Crippen molar-refractivity contribution in [1.29, 1.82) is 5.26 Å². The monoisotopic (exact) mass is 375 g/mol. The molecule has 0 saturated heterocycles. The molecule has 0 N–H and O–H groups in total. The molecule has 0 atom stereocenters. The van der Waals surface area contributed by atoms with Crippen LogP contribution in [0, 0.1) is 24.1 Å². The van der Waals surface area contributed by atoms with Gasteiger partial charge < -0.3 is 4.74 Å². The topological polar surface area (TPSA) is 76.1 Å². The number of hydrogen-bond acceptors (Lipinski definition) is 5. The van der Waals surface area contributed by atoms with E-state index in [4.69, 9.17) is 4.74 Å². The number of nitriles is 1. The summed E-state index contributed by atoms with van der Waals surface area (Å²) >= 11 is 0. The van der Waals surface area contributed by atoms with Crippen molar-refractivity contribution in [3.05, 3.63) is 53.5 Å². The molecule has 2 heterocycles. The van der Waals surface area contributed by atoms with Gasteiger partial charge in [0, 0.05) is 0 Å². The molecule has 0 aliphatic heterocycles. The molecule has 2 aromatic carbocycles. The second-order valence-corrected chi connectivity index (χ2v) is 6.54. The van der Waals surface area contributed by atoms with Crippen LogP contribution in [0.5, 0.6) is 5.75 Å². The number of aromatic nitrogens is 4. The highest BCUT2D eigenvalue weighted by molar-refractivity contribution is 5.82. The summed E-state index contributed by atoms with van der Waals surface area (Å²) in [5.41, 5.74) is 3.30. The van der Waals surface area contributed by atoms with E-state index in [1.165, 1.54) is 6.07 Å². The van der Waals surface area contributed by atoms with Crippen LogP contribution in [-0.2, 0) is 0 Å². The van der Waals surface area contributed by atoms with Gasteiger partial charge in [-0.2, -0.15) is 5.26 Å². The molecule has 0 aliphatic carbocycles. The normalized spacial score (nSPS) is 11.1. The average Bonchev–Trinajstić information content (AvgIpc) is 3.15. The number of hydrogen-bond donors (Lipinski definition) is 0. The van der Waals surface area contributed by atoms with Crippen molar-refractivity contribution in [2.75, 3.05) is 6.61 Å². The van der Waals surface area contributed by atoms with Crippen LogP contribution >= 0.6 is 0 Å². The van der Waals surface area contributed by atoms with Gasteiger partial charge in [-0.25, -0.2) is 9.37 Å². The quantitative estimate of drug-likeness (QED) is 0.482. The third kappa shape index (κ3) is 3.03. The zero-order chi connectivity index (χ0) is 19.7. The molecular formula is C21H18FN5O. The van der Waals surface area contributed by atoms with Crippen LogP contribution < -0.4 is 4.74 Å². The van der Waals surface area contributed by atoms with Crippen LogP contribution in [0.3, 0.4) is 0 Å². The molecular weight excluding hydrogens is 357 g/mol. The van der Waals surface area contributed by atoms with Crippen molar-refractivity contribution in [3.8, 4) is 23.2 Å². The van der Waals surface area contributed by atoms with Crippen LogP contribution in [0.1, 0.15) is 31.0 Å². The van der Waals surface area contributed by atoms with Crippen molar-refractivity contribution in [1.82, 2.24) is 19.6 Å². The molecule has 7 heteroatoms. The standard InChI is InChI=1S/C21H18FN5O/c1-3-4-9-28-15-6-7-17(22)16(11-15)21-26-25-20-13(2)24-18-8-5-14(12-23)10-19(18)27(20)21/h5-8,10-11H,3-4,9H2,1-2H3. The van der Waals surface area contributed by atoms with Crippen molar-refractivity contribution in [3.63, 3.8) is 0 Å². The van der Waals surface area contributed by atoms with E-state index < -0.39 is 5.82 Å². The fraction of sp³-hybridized carbons (Fsp3) is 0.238. The lowest BCUT2D eigenvalue weighted by Crippen LogP contribution is -2.00. The summed E-state index contributed by atoms with van der Waals surface area (Å²) in [4.78, 5) is 4.52. The van der Waals surface area contributed by atoms with Gasteiger partial charge in [0.25, 0.3) is 0 Å². The van der Waals surface area contributed by atoms with Crippen LogP contribution in [0.4, 0.5) is 4.39 Å². The van der Waals surface area contributed by atoms with Gasteiger partial charge in [0.15, 0.2) is 11.5 Å². The van der Waals surface area contributed by atoms with Gasteiger partial charge in [-0.15, -0.1) is 10.2 Å². The Morgan fingerprint density at radius 3 is 2.82 bits per heavy atom.